The molecule has 0 bridgehead atoms. The summed E-state index contributed by atoms with van der Waals surface area (Å²) < 4.78 is 0. The van der Waals surface area contributed by atoms with Gasteiger partial charge in [-0.05, 0) is 99.9 Å². The molecule has 2 heterocycles. The van der Waals surface area contributed by atoms with Crippen LogP contribution >= 0.6 is 0 Å². The van der Waals surface area contributed by atoms with Gasteiger partial charge >= 0.3 is 0 Å². The van der Waals surface area contributed by atoms with Gasteiger partial charge in [0.2, 0.25) is 0 Å². The monoisotopic (exact) mass is 523 g/mol. The van der Waals surface area contributed by atoms with Gasteiger partial charge in [-0.15, -0.1) is 19.8 Å². The van der Waals surface area contributed by atoms with Gasteiger partial charge in [0, 0.05) is 29.8 Å². The van der Waals surface area contributed by atoms with Crippen LogP contribution in [-0.2, 0) is 0 Å². The smallest absolute Gasteiger partial charge is 0.173 e. The molecule has 0 aliphatic carbocycles. The minimum absolute atomic E-state index is 0.0633. The minimum Gasteiger partial charge on any atom is -0.508 e. The molecule has 0 saturated heterocycles. The summed E-state index contributed by atoms with van der Waals surface area (Å²) in [5, 5.41) is 56.3. The van der Waals surface area contributed by atoms with Crippen molar-refractivity contribution in [1.82, 2.24) is 40.6 Å². The Balaban J connectivity index is 1.62. The zero-order valence-corrected chi connectivity index (χ0v) is 21.4. The molecule has 2 aromatic heterocycles. The highest BCUT2D eigenvalue weighted by Gasteiger charge is 2.24. The summed E-state index contributed by atoms with van der Waals surface area (Å²) in [6, 6.07) is 18.1. The van der Waals surface area contributed by atoms with E-state index in [0.717, 1.165) is 11.3 Å². The van der Waals surface area contributed by atoms with E-state index in [1.165, 1.54) is 9.58 Å². The average Bonchev–Trinajstić information content (AvgIpc) is 3.56. The number of phenols is 2. The molecule has 0 radical (unpaired) electrons. The molecule has 0 amide bonds. The highest BCUT2D eigenvalue weighted by Crippen LogP contribution is 2.41. The lowest BCUT2D eigenvalue weighted by atomic mass is 9.83. The number of hydrogen-bond acceptors (Lipinski definition) is 11. The molecule has 39 heavy (non-hydrogen) atoms. The highest BCUT2D eigenvalue weighted by atomic mass is 16.3. The number of rotatable bonds is 8. The fourth-order valence-corrected chi connectivity index (χ4v) is 4.08. The van der Waals surface area contributed by atoms with Gasteiger partial charge in [-0.1, -0.05) is 12.1 Å². The van der Waals surface area contributed by atoms with Gasteiger partial charge in [0.15, 0.2) is 11.6 Å². The van der Waals surface area contributed by atoms with Crippen molar-refractivity contribution in [1.29, 1.82) is 0 Å². The number of nitrogens with one attached hydrogen (secondary N) is 1. The number of hydrogen-bond donors (Lipinski definition) is 3. The van der Waals surface area contributed by atoms with E-state index in [4.69, 9.17) is 0 Å². The molecule has 0 saturated carbocycles. The number of phenolic OH excluding ortho intramolecular Hbond substituents is 2. The third kappa shape index (κ3) is 5.46. The first-order valence-corrected chi connectivity index (χ1v) is 11.9. The number of nitrogens with zero attached hydrogens (tertiary/aromatic N) is 10. The number of benzene rings is 3. The molecule has 0 aliphatic heterocycles. The minimum atomic E-state index is -0.537. The molecule has 13 heteroatoms. The Kier molecular flexibility index (Phi) is 7.03. The molecule has 5 rings (SSSR count). The predicted octanol–water partition coefficient (Wildman–Crippen LogP) is 2.67. The normalized spacial score (nSPS) is 12.4. The summed E-state index contributed by atoms with van der Waals surface area (Å²) in [5.41, 5.74) is 4.29. The summed E-state index contributed by atoms with van der Waals surface area (Å²) >= 11 is 0. The lowest BCUT2D eigenvalue weighted by Gasteiger charge is -2.22. The molecule has 0 unspecified atom stereocenters. The number of tetrazole rings is 2. The van der Waals surface area contributed by atoms with E-state index in [9.17, 15) is 10.2 Å². The van der Waals surface area contributed by atoms with E-state index >= 15 is 0 Å². The fraction of sp³-hybridized carbons (Fsp3) is 0.154. The van der Waals surface area contributed by atoms with Crippen molar-refractivity contribution in [2.75, 3.05) is 12.4 Å². The first-order valence-electron chi connectivity index (χ1n) is 11.9. The Bertz CT molecular complexity index is 1570. The maximum absolute atomic E-state index is 11.0. The third-order valence-corrected chi connectivity index (χ3v) is 6.07. The molecule has 3 aromatic carbocycles. The van der Waals surface area contributed by atoms with Crippen LogP contribution in [0.3, 0.4) is 0 Å². The lowest BCUT2D eigenvalue weighted by Crippen LogP contribution is -2.07. The van der Waals surface area contributed by atoms with Crippen LogP contribution < -0.4 is 5.32 Å². The van der Waals surface area contributed by atoms with Crippen LogP contribution in [0.1, 0.15) is 45.4 Å². The Morgan fingerprint density at radius 2 is 1.31 bits per heavy atom. The zero-order valence-electron chi connectivity index (χ0n) is 21.4. The zero-order chi connectivity index (χ0) is 27.4. The maximum Gasteiger partial charge on any atom is 0.173 e. The second kappa shape index (κ2) is 10.9. The molecule has 0 atom stereocenters. The topological polar surface area (TPSA) is 164 Å². The van der Waals surface area contributed by atoms with Crippen molar-refractivity contribution in [2.45, 2.75) is 19.8 Å². The van der Waals surface area contributed by atoms with Gasteiger partial charge in [0.1, 0.15) is 11.5 Å². The maximum atomic E-state index is 11.0. The first kappa shape index (κ1) is 25.2. The van der Waals surface area contributed by atoms with Crippen molar-refractivity contribution in [3.63, 3.8) is 0 Å². The van der Waals surface area contributed by atoms with Crippen molar-refractivity contribution in [3.05, 3.63) is 100 Å². The summed E-state index contributed by atoms with van der Waals surface area (Å²) in [7, 11) is 1.83. The standard InChI is InChI=1S/C26H25N11O2/c1-16-30-32-34-36(16)28-14-18-7-9-24(38)22(11-18)26(20-5-4-6-21(13-20)27-3)23-12-19(8-10-25(23)39)15-29-37-17(2)31-33-35-37/h4-15,26-27,38-39H,1-3H3. The van der Waals surface area contributed by atoms with E-state index in [2.05, 4.69) is 46.6 Å². The Morgan fingerprint density at radius 3 is 1.77 bits per heavy atom. The van der Waals surface area contributed by atoms with E-state index in [0.29, 0.717) is 33.9 Å². The van der Waals surface area contributed by atoms with Gasteiger partial charge in [0.05, 0.1) is 12.4 Å². The second-order valence-corrected chi connectivity index (χ2v) is 8.67. The third-order valence-electron chi connectivity index (χ3n) is 6.07. The number of aryl methyl sites for hydroxylation is 2. The van der Waals surface area contributed by atoms with Gasteiger partial charge in [-0.2, -0.15) is 10.2 Å². The van der Waals surface area contributed by atoms with Crippen LogP contribution in [0, 0.1) is 13.8 Å². The number of aromatic nitrogens is 8. The van der Waals surface area contributed by atoms with Crippen LogP contribution in [0.15, 0.2) is 70.9 Å². The Hall–Kier alpha value is -5.46. The summed E-state index contributed by atoms with van der Waals surface area (Å²) in [6.45, 7) is 3.48. The van der Waals surface area contributed by atoms with Crippen LogP contribution in [0.2, 0.25) is 0 Å². The Morgan fingerprint density at radius 1 is 0.769 bits per heavy atom. The largest absolute Gasteiger partial charge is 0.508 e. The van der Waals surface area contributed by atoms with Gasteiger partial charge in [-0.3, -0.25) is 0 Å². The molecule has 0 aliphatic rings. The van der Waals surface area contributed by atoms with Crippen LogP contribution in [0.25, 0.3) is 0 Å². The first-order chi connectivity index (χ1) is 18.9. The van der Waals surface area contributed by atoms with Crippen LogP contribution in [0.4, 0.5) is 5.69 Å². The fourth-order valence-electron chi connectivity index (χ4n) is 4.08. The van der Waals surface area contributed by atoms with Crippen molar-refractivity contribution in [3.8, 4) is 11.5 Å². The molecule has 0 spiro atoms. The number of aromatic hydroxyl groups is 2. The van der Waals surface area contributed by atoms with E-state index < -0.39 is 5.92 Å². The van der Waals surface area contributed by atoms with E-state index in [-0.39, 0.29) is 11.5 Å². The van der Waals surface area contributed by atoms with Crippen LogP contribution in [-0.4, -0.2) is 70.3 Å². The lowest BCUT2D eigenvalue weighted by molar-refractivity contribution is 0.458. The number of anilines is 1. The van der Waals surface area contributed by atoms with Crippen molar-refractivity contribution < 1.29 is 10.2 Å². The molecule has 5 aromatic rings. The van der Waals surface area contributed by atoms with E-state index in [1.807, 2.05) is 43.4 Å². The molecule has 3 N–H and O–H groups in total. The summed E-state index contributed by atoms with van der Waals surface area (Å²) in [5.74, 6) is 0.658. The molecular formula is C26H25N11O2. The molecule has 13 nitrogen and oxygen atoms in total. The van der Waals surface area contributed by atoms with Gasteiger partial charge in [-0.25, -0.2) is 0 Å². The van der Waals surface area contributed by atoms with Crippen molar-refractivity contribution >= 4 is 18.1 Å². The molecular weight excluding hydrogens is 498 g/mol. The summed E-state index contributed by atoms with van der Waals surface area (Å²) in [6.07, 6.45) is 3.20. The van der Waals surface area contributed by atoms with Crippen LogP contribution in [0.5, 0.6) is 11.5 Å². The summed E-state index contributed by atoms with van der Waals surface area (Å²) in [4.78, 5) is 2.61. The Labute approximate surface area is 223 Å². The SMILES string of the molecule is CNc1cccc(C(c2cc(C=Nn3nnnc3C)ccc2O)c2cc(C=Nn3nnnc3C)ccc2O)c1. The predicted molar refractivity (Wildman–Crippen MR) is 144 cm³/mol. The molecule has 196 valence electrons. The van der Waals surface area contributed by atoms with Crippen molar-refractivity contribution in [2.24, 2.45) is 10.2 Å². The average molecular weight is 524 g/mol. The quantitative estimate of drug-likeness (QED) is 0.205. The molecule has 0 fully saturated rings. The van der Waals surface area contributed by atoms with E-state index in [1.54, 1.807) is 50.5 Å². The second-order valence-electron chi connectivity index (χ2n) is 8.67. The van der Waals surface area contributed by atoms with Gasteiger partial charge < -0.3 is 15.5 Å². The highest BCUT2D eigenvalue weighted by molar-refractivity contribution is 5.82. The van der Waals surface area contributed by atoms with Gasteiger partial charge in [0.25, 0.3) is 0 Å².